The van der Waals surface area contributed by atoms with Gasteiger partial charge in [0.05, 0.1) is 0 Å². The standard InChI is InChI=1S/C10H20N2/c1-12(2)7-9-5-8-3-4-11-6-10(8)9/h8-11H,3-7H2,1-2H3. The zero-order valence-electron chi connectivity index (χ0n) is 8.21. The fourth-order valence-corrected chi connectivity index (χ4v) is 2.83. The Morgan fingerprint density at radius 3 is 2.92 bits per heavy atom. The summed E-state index contributed by atoms with van der Waals surface area (Å²) in [4.78, 5) is 2.33. The topological polar surface area (TPSA) is 15.3 Å². The van der Waals surface area contributed by atoms with Gasteiger partial charge in [0.1, 0.15) is 0 Å². The number of nitrogens with zero attached hydrogens (tertiary/aromatic N) is 1. The summed E-state index contributed by atoms with van der Waals surface area (Å²) in [5.74, 6) is 3.05. The number of piperidine rings is 1. The monoisotopic (exact) mass is 168 g/mol. The normalized spacial score (nSPS) is 40.8. The van der Waals surface area contributed by atoms with Gasteiger partial charge in [0, 0.05) is 6.54 Å². The Morgan fingerprint density at radius 1 is 1.42 bits per heavy atom. The van der Waals surface area contributed by atoms with Gasteiger partial charge in [-0.3, -0.25) is 0 Å². The molecule has 2 heteroatoms. The maximum absolute atomic E-state index is 3.50. The van der Waals surface area contributed by atoms with Gasteiger partial charge in [0.2, 0.25) is 0 Å². The molecule has 0 amide bonds. The first-order valence-corrected chi connectivity index (χ1v) is 5.13. The van der Waals surface area contributed by atoms with Crippen LogP contribution < -0.4 is 5.32 Å². The van der Waals surface area contributed by atoms with Gasteiger partial charge in [-0.05, 0) is 57.8 Å². The van der Waals surface area contributed by atoms with E-state index in [1.807, 2.05) is 0 Å². The smallest absolute Gasteiger partial charge is 0.000689 e. The molecule has 1 N–H and O–H groups in total. The summed E-state index contributed by atoms with van der Waals surface area (Å²) in [6.45, 7) is 3.84. The lowest BCUT2D eigenvalue weighted by Crippen LogP contribution is -2.51. The van der Waals surface area contributed by atoms with Crippen LogP contribution in [0.25, 0.3) is 0 Å². The van der Waals surface area contributed by atoms with Crippen molar-refractivity contribution in [1.29, 1.82) is 0 Å². The Hall–Kier alpha value is -0.0800. The second kappa shape index (κ2) is 3.35. The Labute approximate surface area is 75.3 Å². The number of fused-ring (bicyclic) bond motifs is 1. The molecule has 1 heterocycles. The molecule has 70 valence electrons. The minimum absolute atomic E-state index is 0.984. The lowest BCUT2D eigenvalue weighted by atomic mass is 9.62. The summed E-state index contributed by atoms with van der Waals surface area (Å²) in [5.41, 5.74) is 0. The third-order valence-electron chi connectivity index (χ3n) is 3.49. The van der Waals surface area contributed by atoms with Crippen molar-refractivity contribution in [2.45, 2.75) is 12.8 Å². The van der Waals surface area contributed by atoms with Gasteiger partial charge in [0.15, 0.2) is 0 Å². The first-order chi connectivity index (χ1) is 5.77. The lowest BCUT2D eigenvalue weighted by Gasteiger charge is -2.49. The molecule has 2 rings (SSSR count). The quantitative estimate of drug-likeness (QED) is 0.656. The number of hydrogen-bond acceptors (Lipinski definition) is 2. The highest BCUT2D eigenvalue weighted by Crippen LogP contribution is 2.43. The molecule has 2 nitrogen and oxygen atoms in total. The average molecular weight is 168 g/mol. The first-order valence-electron chi connectivity index (χ1n) is 5.13. The number of hydrogen-bond donors (Lipinski definition) is 1. The van der Waals surface area contributed by atoms with Crippen LogP contribution in [0.1, 0.15) is 12.8 Å². The molecule has 2 fully saturated rings. The summed E-state index contributed by atoms with van der Waals surface area (Å²) >= 11 is 0. The third-order valence-corrected chi connectivity index (χ3v) is 3.49. The van der Waals surface area contributed by atoms with Gasteiger partial charge in [0.25, 0.3) is 0 Å². The van der Waals surface area contributed by atoms with Crippen LogP contribution in [0.3, 0.4) is 0 Å². The molecule has 1 saturated carbocycles. The van der Waals surface area contributed by atoms with Gasteiger partial charge < -0.3 is 10.2 Å². The van der Waals surface area contributed by atoms with Crippen LogP contribution in [0.5, 0.6) is 0 Å². The van der Waals surface area contributed by atoms with E-state index in [9.17, 15) is 0 Å². The van der Waals surface area contributed by atoms with Crippen molar-refractivity contribution < 1.29 is 0 Å². The van der Waals surface area contributed by atoms with Crippen LogP contribution in [0.4, 0.5) is 0 Å². The highest BCUT2D eigenvalue weighted by atomic mass is 15.1. The highest BCUT2D eigenvalue weighted by molar-refractivity contribution is 4.94. The largest absolute Gasteiger partial charge is 0.316 e. The molecular formula is C10H20N2. The molecule has 1 saturated heterocycles. The van der Waals surface area contributed by atoms with Crippen LogP contribution in [0, 0.1) is 17.8 Å². The second-order valence-electron chi connectivity index (χ2n) is 4.67. The zero-order valence-corrected chi connectivity index (χ0v) is 8.21. The molecule has 0 aromatic rings. The molecule has 1 aliphatic carbocycles. The summed E-state index contributed by atoms with van der Waals surface area (Å²) in [5, 5.41) is 3.50. The number of nitrogens with one attached hydrogen (secondary N) is 1. The Morgan fingerprint density at radius 2 is 2.25 bits per heavy atom. The Kier molecular flexibility index (Phi) is 2.37. The molecule has 1 aliphatic heterocycles. The Balaban J connectivity index is 1.81. The maximum Gasteiger partial charge on any atom is 0.000689 e. The van der Waals surface area contributed by atoms with Crippen molar-refractivity contribution in [3.05, 3.63) is 0 Å². The van der Waals surface area contributed by atoms with E-state index in [1.165, 1.54) is 32.5 Å². The van der Waals surface area contributed by atoms with Crippen LogP contribution in [0.15, 0.2) is 0 Å². The van der Waals surface area contributed by atoms with Crippen LogP contribution in [-0.2, 0) is 0 Å². The molecule has 2 aliphatic rings. The van der Waals surface area contributed by atoms with Crippen molar-refractivity contribution in [1.82, 2.24) is 10.2 Å². The molecule has 3 unspecified atom stereocenters. The predicted octanol–water partition coefficient (Wildman–Crippen LogP) is 0.794. The minimum atomic E-state index is 0.984. The minimum Gasteiger partial charge on any atom is -0.316 e. The van der Waals surface area contributed by atoms with E-state index >= 15 is 0 Å². The van der Waals surface area contributed by atoms with Crippen molar-refractivity contribution in [3.63, 3.8) is 0 Å². The zero-order chi connectivity index (χ0) is 8.55. The summed E-state index contributed by atoms with van der Waals surface area (Å²) in [7, 11) is 4.37. The molecule has 12 heavy (non-hydrogen) atoms. The molecule has 0 aromatic carbocycles. The second-order valence-corrected chi connectivity index (χ2v) is 4.67. The van der Waals surface area contributed by atoms with Crippen molar-refractivity contribution >= 4 is 0 Å². The van der Waals surface area contributed by atoms with Crippen LogP contribution in [0.2, 0.25) is 0 Å². The summed E-state index contributed by atoms with van der Waals surface area (Å²) in [6, 6.07) is 0. The van der Waals surface area contributed by atoms with E-state index in [2.05, 4.69) is 24.3 Å². The Bertz CT molecular complexity index is 156. The molecule has 0 bridgehead atoms. The van der Waals surface area contributed by atoms with Gasteiger partial charge in [-0.1, -0.05) is 0 Å². The van der Waals surface area contributed by atoms with Gasteiger partial charge in [-0.15, -0.1) is 0 Å². The fourth-order valence-electron chi connectivity index (χ4n) is 2.83. The van der Waals surface area contributed by atoms with Crippen molar-refractivity contribution in [2.24, 2.45) is 17.8 Å². The van der Waals surface area contributed by atoms with Gasteiger partial charge in [-0.25, -0.2) is 0 Å². The molecular weight excluding hydrogens is 148 g/mol. The van der Waals surface area contributed by atoms with Gasteiger partial charge >= 0.3 is 0 Å². The SMILES string of the molecule is CN(C)CC1CC2CCNCC21. The van der Waals surface area contributed by atoms with Crippen LogP contribution >= 0.6 is 0 Å². The lowest BCUT2D eigenvalue weighted by molar-refractivity contribution is 0.0252. The van der Waals surface area contributed by atoms with E-state index in [-0.39, 0.29) is 0 Å². The molecule has 0 radical (unpaired) electrons. The van der Waals surface area contributed by atoms with E-state index in [4.69, 9.17) is 0 Å². The molecule has 3 atom stereocenters. The van der Waals surface area contributed by atoms with Crippen molar-refractivity contribution in [3.8, 4) is 0 Å². The predicted molar refractivity (Wildman–Crippen MR) is 51.1 cm³/mol. The molecule has 0 aromatic heterocycles. The first kappa shape index (κ1) is 8.52. The van der Waals surface area contributed by atoms with Crippen molar-refractivity contribution in [2.75, 3.05) is 33.7 Å². The van der Waals surface area contributed by atoms with E-state index in [1.54, 1.807) is 0 Å². The number of rotatable bonds is 2. The third kappa shape index (κ3) is 1.50. The summed E-state index contributed by atoms with van der Waals surface area (Å²) in [6.07, 6.45) is 2.92. The maximum atomic E-state index is 3.50. The molecule has 0 spiro atoms. The highest BCUT2D eigenvalue weighted by Gasteiger charge is 2.41. The van der Waals surface area contributed by atoms with E-state index in [0.717, 1.165) is 17.8 Å². The van der Waals surface area contributed by atoms with Gasteiger partial charge in [-0.2, -0.15) is 0 Å². The average Bonchev–Trinajstić information content (AvgIpc) is 2.00. The fraction of sp³-hybridized carbons (Fsp3) is 1.00. The van der Waals surface area contributed by atoms with E-state index < -0.39 is 0 Å². The van der Waals surface area contributed by atoms with E-state index in [0.29, 0.717) is 0 Å². The van der Waals surface area contributed by atoms with Crippen LogP contribution in [-0.4, -0.2) is 38.6 Å². The summed E-state index contributed by atoms with van der Waals surface area (Å²) < 4.78 is 0.